The molecule has 0 spiro atoms. The highest BCUT2D eigenvalue weighted by Crippen LogP contribution is 2.15. The van der Waals surface area contributed by atoms with E-state index in [1.165, 1.54) is 0 Å². The van der Waals surface area contributed by atoms with Gasteiger partial charge in [-0.05, 0) is 48.9 Å². The zero-order chi connectivity index (χ0) is 21.3. The fourth-order valence-corrected chi connectivity index (χ4v) is 2.75. The maximum Gasteiger partial charge on any atom is 0.255 e. The number of carbonyl (C=O) groups is 2. The summed E-state index contributed by atoms with van der Waals surface area (Å²) in [5.41, 5.74) is 2.75. The number of nitrogens with one attached hydrogen (secondary N) is 3. The topological polar surface area (TPSA) is 103 Å². The van der Waals surface area contributed by atoms with E-state index in [4.69, 9.17) is 0 Å². The van der Waals surface area contributed by atoms with E-state index in [2.05, 4.69) is 20.9 Å². The van der Waals surface area contributed by atoms with Gasteiger partial charge in [0.1, 0.15) is 5.82 Å². The van der Waals surface area contributed by atoms with Gasteiger partial charge in [0.15, 0.2) is 0 Å². The zero-order valence-electron chi connectivity index (χ0n) is 16.6. The first-order chi connectivity index (χ1) is 14.5. The van der Waals surface area contributed by atoms with Crippen LogP contribution in [-0.2, 0) is 11.3 Å². The number of benzene rings is 2. The number of aliphatic hydroxyl groups excluding tert-OH is 1. The zero-order valence-corrected chi connectivity index (χ0v) is 16.6. The van der Waals surface area contributed by atoms with Gasteiger partial charge in [-0.2, -0.15) is 0 Å². The summed E-state index contributed by atoms with van der Waals surface area (Å²) in [6.07, 6.45) is 0.907. The molecule has 0 saturated carbocycles. The summed E-state index contributed by atoms with van der Waals surface area (Å²) >= 11 is 0. The third-order valence-corrected chi connectivity index (χ3v) is 4.25. The Hall–Kier alpha value is -3.71. The molecule has 0 fully saturated rings. The molecule has 4 N–H and O–H groups in total. The molecule has 2 amide bonds. The summed E-state index contributed by atoms with van der Waals surface area (Å²) in [7, 11) is 0. The highest BCUT2D eigenvalue weighted by atomic mass is 16.3. The summed E-state index contributed by atoms with van der Waals surface area (Å²) in [5.74, 6) is 0.159. The molecule has 154 valence electrons. The number of hydrogen-bond donors (Lipinski definition) is 4. The molecule has 3 rings (SSSR count). The second-order valence-corrected chi connectivity index (χ2v) is 6.90. The van der Waals surface area contributed by atoms with Crippen molar-refractivity contribution in [2.45, 2.75) is 26.0 Å². The Bertz CT molecular complexity index is 972. The Morgan fingerprint density at radius 3 is 2.27 bits per heavy atom. The summed E-state index contributed by atoms with van der Waals surface area (Å²) in [4.78, 5) is 28.4. The Labute approximate surface area is 175 Å². The van der Waals surface area contributed by atoms with Crippen LogP contribution in [0.25, 0.3) is 0 Å². The van der Waals surface area contributed by atoms with Crippen molar-refractivity contribution in [3.05, 3.63) is 84.1 Å². The molecule has 0 saturated heterocycles. The van der Waals surface area contributed by atoms with Crippen LogP contribution in [0.15, 0.2) is 72.9 Å². The fraction of sp³-hybridized carbons (Fsp3) is 0.174. The minimum Gasteiger partial charge on any atom is -0.393 e. The summed E-state index contributed by atoms with van der Waals surface area (Å²) < 4.78 is 0. The second kappa shape index (κ2) is 10.2. The lowest BCUT2D eigenvalue weighted by molar-refractivity contribution is -0.117. The van der Waals surface area contributed by atoms with Crippen molar-refractivity contribution in [2.24, 2.45) is 0 Å². The van der Waals surface area contributed by atoms with Gasteiger partial charge in [-0.15, -0.1) is 0 Å². The number of nitrogens with zero attached hydrogens (tertiary/aromatic N) is 1. The number of pyridine rings is 1. The fourth-order valence-electron chi connectivity index (χ4n) is 2.75. The predicted octanol–water partition coefficient (Wildman–Crippen LogP) is 3.66. The Morgan fingerprint density at radius 2 is 1.63 bits per heavy atom. The molecule has 1 aromatic heterocycles. The smallest absolute Gasteiger partial charge is 0.255 e. The Balaban J connectivity index is 1.52. The van der Waals surface area contributed by atoms with Gasteiger partial charge in [0.2, 0.25) is 5.91 Å². The van der Waals surface area contributed by atoms with Crippen LogP contribution in [0, 0.1) is 0 Å². The average Bonchev–Trinajstić information content (AvgIpc) is 2.74. The molecule has 30 heavy (non-hydrogen) atoms. The van der Waals surface area contributed by atoms with Gasteiger partial charge in [-0.25, -0.2) is 4.98 Å². The van der Waals surface area contributed by atoms with Gasteiger partial charge in [-0.3, -0.25) is 9.59 Å². The lowest BCUT2D eigenvalue weighted by atomic mass is 10.2. The predicted molar refractivity (Wildman–Crippen MR) is 117 cm³/mol. The number of anilines is 3. The van der Waals surface area contributed by atoms with E-state index < -0.39 is 6.10 Å². The van der Waals surface area contributed by atoms with Crippen molar-refractivity contribution in [1.29, 1.82) is 0 Å². The molecular weight excluding hydrogens is 380 g/mol. The van der Waals surface area contributed by atoms with Crippen molar-refractivity contribution >= 4 is 29.0 Å². The number of hydrogen-bond acceptors (Lipinski definition) is 5. The third-order valence-electron chi connectivity index (χ3n) is 4.25. The molecule has 0 aliphatic carbocycles. The highest BCUT2D eigenvalue weighted by molar-refractivity contribution is 6.04. The monoisotopic (exact) mass is 404 g/mol. The van der Waals surface area contributed by atoms with Crippen molar-refractivity contribution in [3.8, 4) is 0 Å². The Morgan fingerprint density at radius 1 is 0.933 bits per heavy atom. The van der Waals surface area contributed by atoms with E-state index in [0.29, 0.717) is 29.3 Å². The van der Waals surface area contributed by atoms with E-state index in [1.54, 1.807) is 49.5 Å². The molecule has 0 radical (unpaired) electrons. The maximum absolute atomic E-state index is 12.4. The molecule has 2 aromatic carbocycles. The first kappa shape index (κ1) is 21.0. The molecule has 7 nitrogen and oxygen atoms in total. The molecule has 1 atom stereocenters. The van der Waals surface area contributed by atoms with Crippen molar-refractivity contribution < 1.29 is 14.7 Å². The molecular formula is C23H24N4O3. The van der Waals surface area contributed by atoms with Crippen LogP contribution in [0.2, 0.25) is 0 Å². The van der Waals surface area contributed by atoms with Gasteiger partial charge in [-0.1, -0.05) is 30.3 Å². The van der Waals surface area contributed by atoms with E-state index in [9.17, 15) is 14.7 Å². The average molecular weight is 404 g/mol. The van der Waals surface area contributed by atoms with E-state index in [-0.39, 0.29) is 18.2 Å². The van der Waals surface area contributed by atoms with E-state index in [1.807, 2.05) is 30.3 Å². The van der Waals surface area contributed by atoms with Gasteiger partial charge in [0.05, 0.1) is 24.4 Å². The minimum absolute atomic E-state index is 0.0193. The number of aromatic nitrogens is 1. The van der Waals surface area contributed by atoms with E-state index in [0.717, 1.165) is 5.56 Å². The summed E-state index contributed by atoms with van der Waals surface area (Å²) in [5, 5.41) is 17.9. The van der Waals surface area contributed by atoms with Crippen LogP contribution in [0.4, 0.5) is 17.2 Å². The quantitative estimate of drug-likeness (QED) is 0.459. The normalized spacial score (nSPS) is 11.4. The number of carbonyl (C=O) groups excluding carboxylic acids is 2. The van der Waals surface area contributed by atoms with Crippen LogP contribution in [0.5, 0.6) is 0 Å². The first-order valence-electron chi connectivity index (χ1n) is 9.63. The number of aliphatic hydroxyl groups is 1. The third kappa shape index (κ3) is 6.42. The molecule has 7 heteroatoms. The van der Waals surface area contributed by atoms with Gasteiger partial charge in [0.25, 0.3) is 5.91 Å². The lowest BCUT2D eigenvalue weighted by Crippen LogP contribution is -2.17. The SMILES string of the molecule is CC(O)CC(=O)Nc1ccc(C(=O)Nc2ccc(NCc3ccccc3)nc2)cc1. The maximum atomic E-state index is 12.4. The minimum atomic E-state index is -0.705. The second-order valence-electron chi connectivity index (χ2n) is 6.90. The lowest BCUT2D eigenvalue weighted by Gasteiger charge is -2.09. The van der Waals surface area contributed by atoms with Gasteiger partial charge < -0.3 is 21.1 Å². The Kier molecular flexibility index (Phi) is 7.13. The summed E-state index contributed by atoms with van der Waals surface area (Å²) in [6.45, 7) is 2.22. The van der Waals surface area contributed by atoms with Crippen LogP contribution >= 0.6 is 0 Å². The first-order valence-corrected chi connectivity index (χ1v) is 9.63. The number of amides is 2. The molecule has 1 unspecified atom stereocenters. The molecule has 0 bridgehead atoms. The van der Waals surface area contributed by atoms with Crippen LogP contribution in [-0.4, -0.2) is 28.0 Å². The van der Waals surface area contributed by atoms with Gasteiger partial charge in [0, 0.05) is 17.8 Å². The molecule has 3 aromatic rings. The largest absolute Gasteiger partial charge is 0.393 e. The highest BCUT2D eigenvalue weighted by Gasteiger charge is 2.09. The molecule has 1 heterocycles. The van der Waals surface area contributed by atoms with Crippen molar-refractivity contribution in [1.82, 2.24) is 4.98 Å². The van der Waals surface area contributed by atoms with Crippen molar-refractivity contribution in [3.63, 3.8) is 0 Å². The van der Waals surface area contributed by atoms with Crippen LogP contribution in [0.1, 0.15) is 29.3 Å². The van der Waals surface area contributed by atoms with E-state index >= 15 is 0 Å². The van der Waals surface area contributed by atoms with Crippen LogP contribution < -0.4 is 16.0 Å². The molecule has 0 aliphatic rings. The van der Waals surface area contributed by atoms with Gasteiger partial charge >= 0.3 is 0 Å². The molecule has 0 aliphatic heterocycles. The standard InChI is InChI=1S/C23H24N4O3/c1-16(28)13-22(29)26-19-9-7-18(8-10-19)23(30)27-20-11-12-21(25-15-20)24-14-17-5-3-2-4-6-17/h2-12,15-16,28H,13-14H2,1H3,(H,24,25)(H,26,29)(H,27,30). The van der Waals surface area contributed by atoms with Crippen LogP contribution in [0.3, 0.4) is 0 Å². The van der Waals surface area contributed by atoms with Crippen molar-refractivity contribution in [2.75, 3.05) is 16.0 Å². The number of rotatable bonds is 8. The summed E-state index contributed by atoms with van der Waals surface area (Å²) in [6, 6.07) is 20.1.